The van der Waals surface area contributed by atoms with Crippen LogP contribution in [0.2, 0.25) is 0 Å². The number of carbonyl (C=O) groups excluding carboxylic acids is 2. The molecule has 0 spiro atoms. The number of hydrogen-bond donors (Lipinski definition) is 0. The van der Waals surface area contributed by atoms with E-state index in [0.29, 0.717) is 47.3 Å². The quantitative estimate of drug-likeness (QED) is 0.0330. The molecular formula is C72H82FeO2P4. The van der Waals surface area contributed by atoms with Crippen LogP contribution in [-0.4, -0.2) is 35.2 Å². The van der Waals surface area contributed by atoms with E-state index in [1.807, 2.05) is 0 Å². The van der Waals surface area contributed by atoms with Crippen molar-refractivity contribution in [1.82, 2.24) is 0 Å². The first-order valence-corrected chi connectivity index (χ1v) is 33.3. The second-order valence-corrected chi connectivity index (χ2v) is 31.9. The molecule has 79 heavy (non-hydrogen) atoms. The molecule has 0 radical (unpaired) electrons. The van der Waals surface area contributed by atoms with Crippen LogP contribution in [0.1, 0.15) is 79.1 Å². The van der Waals surface area contributed by atoms with Crippen molar-refractivity contribution in [2.75, 3.05) is 0 Å². The van der Waals surface area contributed by atoms with E-state index in [9.17, 15) is 9.59 Å². The summed E-state index contributed by atoms with van der Waals surface area (Å²) in [5.74, 6) is 1.18. The summed E-state index contributed by atoms with van der Waals surface area (Å²) in [5.41, 5.74) is 2.56. The van der Waals surface area contributed by atoms with E-state index in [2.05, 4.69) is 270 Å². The summed E-state index contributed by atoms with van der Waals surface area (Å²) in [6.45, 7) is 9.62. The molecule has 410 valence electrons. The molecular weight excluding hydrogens is 1080 g/mol. The molecule has 0 aliphatic heterocycles. The standard InChI is InChI=1S/2C35H38OP2.2CH3.Fe/c2*1-35(2,24-15-25-36)28-26-33(37(29-16-7-3-8-17-29)30-18-9-4-10-19-30)34(27-28)38(31-20-11-5-12-21-31)32-22-13-6-14-23-32;;;/h2*3-14,16-23,25,28,33-34H,15,24,26-27H2,1-2H3;2*1H3;/q;;2*-1;+2. The fourth-order valence-corrected chi connectivity index (χ4v) is 26.0. The number of carbonyl (C=O) groups is 2. The van der Waals surface area contributed by atoms with E-state index in [1.54, 1.807) is 0 Å². The van der Waals surface area contributed by atoms with Crippen molar-refractivity contribution in [2.45, 2.75) is 102 Å². The molecule has 0 amide bonds. The van der Waals surface area contributed by atoms with E-state index in [0.717, 1.165) is 25.4 Å². The molecule has 4 unspecified atom stereocenters. The van der Waals surface area contributed by atoms with Gasteiger partial charge in [-0.3, -0.25) is 0 Å². The molecule has 8 aromatic rings. The molecule has 0 bridgehead atoms. The van der Waals surface area contributed by atoms with Gasteiger partial charge in [0.25, 0.3) is 0 Å². The van der Waals surface area contributed by atoms with Crippen molar-refractivity contribution in [2.24, 2.45) is 22.7 Å². The van der Waals surface area contributed by atoms with Gasteiger partial charge in [0.05, 0.1) is 0 Å². The molecule has 10 rings (SSSR count). The summed E-state index contributed by atoms with van der Waals surface area (Å²) in [5, 5.41) is 11.8. The molecule has 2 fully saturated rings. The number of rotatable bonds is 20. The third-order valence-electron chi connectivity index (χ3n) is 16.6. The summed E-state index contributed by atoms with van der Waals surface area (Å²) in [6, 6.07) is 90.1. The van der Waals surface area contributed by atoms with Gasteiger partial charge in [0.15, 0.2) is 0 Å². The van der Waals surface area contributed by atoms with Gasteiger partial charge in [-0.05, 0) is 158 Å². The Morgan fingerprint density at radius 2 is 0.468 bits per heavy atom. The average molecular weight is 1160 g/mol. The molecule has 2 aliphatic rings. The summed E-state index contributed by atoms with van der Waals surface area (Å²) >= 11 is 0. The Bertz CT molecular complexity index is 2420. The number of aldehydes is 2. The van der Waals surface area contributed by atoms with Gasteiger partial charge in [0.2, 0.25) is 0 Å². The van der Waals surface area contributed by atoms with Crippen LogP contribution in [0.15, 0.2) is 243 Å². The molecule has 0 saturated heterocycles. The minimum absolute atomic E-state index is 0. The minimum Gasteiger partial charge on any atom is -0.358 e. The van der Waals surface area contributed by atoms with Crippen LogP contribution in [0.3, 0.4) is 0 Å². The van der Waals surface area contributed by atoms with E-state index < -0.39 is 31.7 Å². The Labute approximate surface area is 492 Å². The van der Waals surface area contributed by atoms with Crippen LogP contribution >= 0.6 is 31.7 Å². The van der Waals surface area contributed by atoms with Gasteiger partial charge in [-0.25, -0.2) is 0 Å². The third-order valence-corrected chi connectivity index (χ3v) is 28.9. The first-order chi connectivity index (χ1) is 37.2. The largest absolute Gasteiger partial charge is 2.00 e. The van der Waals surface area contributed by atoms with Crippen molar-refractivity contribution in [3.05, 3.63) is 258 Å². The van der Waals surface area contributed by atoms with Gasteiger partial charge >= 0.3 is 17.1 Å². The maximum absolute atomic E-state index is 11.4. The van der Waals surface area contributed by atoms with Gasteiger partial charge in [0.1, 0.15) is 12.6 Å². The first kappa shape index (κ1) is 63.5. The monoisotopic (exact) mass is 1160 g/mol. The van der Waals surface area contributed by atoms with Crippen LogP contribution in [-0.2, 0) is 26.7 Å². The molecule has 4 atom stereocenters. The Kier molecular flexibility index (Phi) is 24.9. The molecule has 0 N–H and O–H groups in total. The fourth-order valence-electron chi connectivity index (χ4n) is 12.5. The van der Waals surface area contributed by atoms with Crippen LogP contribution < -0.4 is 42.4 Å². The van der Waals surface area contributed by atoms with E-state index in [-0.39, 0.29) is 42.8 Å². The summed E-state index contributed by atoms with van der Waals surface area (Å²) in [6.07, 6.45) is 10.3. The van der Waals surface area contributed by atoms with Gasteiger partial charge in [0, 0.05) is 12.8 Å². The summed E-state index contributed by atoms with van der Waals surface area (Å²) < 4.78 is 0. The van der Waals surface area contributed by atoms with Crippen LogP contribution in [0.25, 0.3) is 0 Å². The fraction of sp³-hybridized carbons (Fsp3) is 0.278. The van der Waals surface area contributed by atoms with Crippen LogP contribution in [0, 0.1) is 37.5 Å². The zero-order valence-corrected chi connectivity index (χ0v) is 52.0. The van der Waals surface area contributed by atoms with Crippen molar-refractivity contribution in [1.29, 1.82) is 0 Å². The molecule has 2 saturated carbocycles. The first-order valence-electron chi connectivity index (χ1n) is 27.6. The minimum atomic E-state index is -0.545. The van der Waals surface area contributed by atoms with Gasteiger partial charge in [-0.2, -0.15) is 0 Å². The van der Waals surface area contributed by atoms with E-state index >= 15 is 0 Å². The van der Waals surface area contributed by atoms with Crippen molar-refractivity contribution in [3.63, 3.8) is 0 Å². The topological polar surface area (TPSA) is 34.1 Å². The predicted molar refractivity (Wildman–Crippen MR) is 348 cm³/mol. The molecule has 8 aromatic carbocycles. The molecule has 2 nitrogen and oxygen atoms in total. The van der Waals surface area contributed by atoms with Crippen molar-refractivity contribution < 1.29 is 26.7 Å². The SMILES string of the molecule is CC(C)(CCC=O)C1CC(P(c2ccccc2)c2ccccc2)C(P(c2ccccc2)c2ccccc2)C1.CC(C)(CCC=O)C1CC(P(c2ccccc2)c2ccccc2)C(P(c2ccccc2)c2ccccc2)C1.[CH3-].[CH3-].[Fe+2]. The normalized spacial score (nSPS) is 18.9. The Morgan fingerprint density at radius 1 is 0.316 bits per heavy atom. The van der Waals surface area contributed by atoms with Gasteiger partial charge in [-0.1, -0.05) is 270 Å². The zero-order valence-electron chi connectivity index (χ0n) is 47.3. The summed E-state index contributed by atoms with van der Waals surface area (Å²) in [7, 11) is -2.18. The second-order valence-electron chi connectivity index (χ2n) is 22.2. The number of hydrogen-bond acceptors (Lipinski definition) is 2. The molecule has 0 aromatic heterocycles. The molecule has 2 aliphatic carbocycles. The average Bonchev–Trinajstić information content (AvgIpc) is 4.24. The van der Waals surface area contributed by atoms with Crippen LogP contribution in [0.4, 0.5) is 0 Å². The van der Waals surface area contributed by atoms with Gasteiger partial charge < -0.3 is 24.4 Å². The maximum atomic E-state index is 11.4. The van der Waals surface area contributed by atoms with Crippen LogP contribution in [0.5, 0.6) is 0 Å². The maximum Gasteiger partial charge on any atom is 2.00 e. The predicted octanol–water partition coefficient (Wildman–Crippen LogP) is 15.7. The molecule has 0 heterocycles. The summed E-state index contributed by atoms with van der Waals surface area (Å²) in [4.78, 5) is 22.7. The Morgan fingerprint density at radius 3 is 0.608 bits per heavy atom. The Hall–Kier alpha value is -4.66. The van der Waals surface area contributed by atoms with E-state index in [1.165, 1.54) is 68.1 Å². The zero-order chi connectivity index (χ0) is 52.7. The second kappa shape index (κ2) is 31.0. The molecule has 7 heteroatoms. The van der Waals surface area contributed by atoms with Crippen molar-refractivity contribution in [3.8, 4) is 0 Å². The third kappa shape index (κ3) is 15.9. The van der Waals surface area contributed by atoms with Crippen molar-refractivity contribution >= 4 is 86.7 Å². The van der Waals surface area contributed by atoms with E-state index in [4.69, 9.17) is 0 Å². The van der Waals surface area contributed by atoms with Gasteiger partial charge in [-0.15, -0.1) is 0 Å². The smallest absolute Gasteiger partial charge is 0.358 e. The Balaban J connectivity index is 0.000000246. The number of benzene rings is 8.